The minimum absolute atomic E-state index is 0.0321. The Kier molecular flexibility index (Phi) is 7.32. The fraction of sp³-hybridized carbons (Fsp3) is 0.348. The molecule has 9 heteroatoms. The molecule has 1 heterocycles. The van der Waals surface area contributed by atoms with Crippen molar-refractivity contribution in [3.63, 3.8) is 0 Å². The molecule has 0 spiro atoms. The first-order chi connectivity index (χ1) is 15.3. The summed E-state index contributed by atoms with van der Waals surface area (Å²) in [6.45, 7) is 6.58. The second-order valence-electron chi connectivity index (χ2n) is 7.76. The summed E-state index contributed by atoms with van der Waals surface area (Å²) in [7, 11) is 0. The Morgan fingerprint density at radius 3 is 2.72 bits per heavy atom. The number of carbonyl (C=O) groups is 1. The molecule has 2 aromatic carbocycles. The minimum Gasteiger partial charge on any atom is -0.326 e. The Hall–Kier alpha value is -3.59. The van der Waals surface area contributed by atoms with E-state index in [9.17, 15) is 19.7 Å². The first kappa shape index (κ1) is 23.1. The van der Waals surface area contributed by atoms with Crippen molar-refractivity contribution in [2.45, 2.75) is 46.2 Å². The van der Waals surface area contributed by atoms with E-state index in [1.807, 2.05) is 6.07 Å². The lowest BCUT2D eigenvalue weighted by Crippen LogP contribution is -2.36. The zero-order chi connectivity index (χ0) is 23.3. The molecule has 1 atom stereocenters. The van der Waals surface area contributed by atoms with Gasteiger partial charge in [0, 0.05) is 25.1 Å². The van der Waals surface area contributed by atoms with Crippen molar-refractivity contribution in [2.24, 2.45) is 0 Å². The van der Waals surface area contributed by atoms with Crippen LogP contribution >= 0.6 is 0 Å². The number of para-hydroxylation sites is 1. The number of carbonyl (C=O) groups excluding carboxylic acids is 1. The third kappa shape index (κ3) is 5.36. The summed E-state index contributed by atoms with van der Waals surface area (Å²) < 4.78 is 0. The summed E-state index contributed by atoms with van der Waals surface area (Å²) in [5.74, 6) is 0.311. The highest BCUT2D eigenvalue weighted by molar-refractivity contribution is 5.92. The summed E-state index contributed by atoms with van der Waals surface area (Å²) in [6.07, 6.45) is 1.06. The molecule has 9 nitrogen and oxygen atoms in total. The van der Waals surface area contributed by atoms with Gasteiger partial charge in [-0.05, 0) is 38.5 Å². The van der Waals surface area contributed by atoms with Gasteiger partial charge in [-0.15, -0.1) is 0 Å². The van der Waals surface area contributed by atoms with Crippen LogP contribution in [0.4, 0.5) is 11.4 Å². The number of nitro benzene ring substituents is 1. The fourth-order valence-corrected chi connectivity index (χ4v) is 3.53. The Bertz CT molecular complexity index is 1190. The summed E-state index contributed by atoms with van der Waals surface area (Å²) >= 11 is 0. The quantitative estimate of drug-likeness (QED) is 0.388. The molecule has 32 heavy (non-hydrogen) atoms. The van der Waals surface area contributed by atoms with E-state index in [1.165, 1.54) is 6.07 Å². The standard InChI is InChI=1S/C23H27N5O4/c1-4-15(2)27(14-21-24-19-9-6-5-8-17(19)23(30)26-21)13-12-22(29)25-18-10-7-11-20(16(18)3)28(31)32/h5-11,15H,4,12-14H2,1-3H3,(H,25,29)(H,24,26,30). The smallest absolute Gasteiger partial charge is 0.274 e. The summed E-state index contributed by atoms with van der Waals surface area (Å²) in [5.41, 5.74) is 1.26. The third-order valence-electron chi connectivity index (χ3n) is 5.63. The van der Waals surface area contributed by atoms with Crippen molar-refractivity contribution < 1.29 is 9.72 Å². The molecule has 0 aliphatic heterocycles. The van der Waals surface area contributed by atoms with Gasteiger partial charge in [-0.1, -0.05) is 25.1 Å². The molecule has 3 aromatic rings. The van der Waals surface area contributed by atoms with Gasteiger partial charge in [-0.25, -0.2) is 4.98 Å². The van der Waals surface area contributed by atoms with Gasteiger partial charge in [0.2, 0.25) is 5.91 Å². The molecule has 3 rings (SSSR count). The number of amides is 1. The number of rotatable bonds is 9. The first-order valence-electron chi connectivity index (χ1n) is 10.6. The van der Waals surface area contributed by atoms with Crippen LogP contribution in [0.15, 0.2) is 47.3 Å². The first-order valence-corrected chi connectivity index (χ1v) is 10.6. The monoisotopic (exact) mass is 437 g/mol. The minimum atomic E-state index is -0.465. The third-order valence-corrected chi connectivity index (χ3v) is 5.63. The highest BCUT2D eigenvalue weighted by atomic mass is 16.6. The lowest BCUT2D eigenvalue weighted by molar-refractivity contribution is -0.385. The fourth-order valence-electron chi connectivity index (χ4n) is 3.53. The van der Waals surface area contributed by atoms with Crippen LogP contribution in [0.3, 0.4) is 0 Å². The molecule has 1 amide bonds. The summed E-state index contributed by atoms with van der Waals surface area (Å²) in [5, 5.41) is 14.4. The predicted molar refractivity (Wildman–Crippen MR) is 124 cm³/mol. The number of H-pyrrole nitrogens is 1. The molecule has 168 valence electrons. The molecule has 0 saturated heterocycles. The highest BCUT2D eigenvalue weighted by Gasteiger charge is 2.18. The van der Waals surface area contributed by atoms with E-state index in [-0.39, 0.29) is 29.6 Å². The molecular formula is C23H27N5O4. The molecular weight excluding hydrogens is 410 g/mol. The van der Waals surface area contributed by atoms with E-state index < -0.39 is 4.92 Å². The van der Waals surface area contributed by atoms with Crippen molar-refractivity contribution in [3.8, 4) is 0 Å². The van der Waals surface area contributed by atoms with Crippen molar-refractivity contribution in [1.29, 1.82) is 0 Å². The van der Waals surface area contributed by atoms with Gasteiger partial charge in [-0.2, -0.15) is 0 Å². The average molecular weight is 438 g/mol. The van der Waals surface area contributed by atoms with Gasteiger partial charge in [-0.3, -0.25) is 24.6 Å². The molecule has 1 unspecified atom stereocenters. The van der Waals surface area contributed by atoms with E-state index in [4.69, 9.17) is 0 Å². The Morgan fingerprint density at radius 1 is 1.25 bits per heavy atom. The number of nitro groups is 1. The number of nitrogens with one attached hydrogen (secondary N) is 2. The zero-order valence-electron chi connectivity index (χ0n) is 18.4. The number of benzene rings is 2. The summed E-state index contributed by atoms with van der Waals surface area (Å²) in [6, 6.07) is 11.9. The van der Waals surface area contributed by atoms with Crippen molar-refractivity contribution in [3.05, 3.63) is 74.3 Å². The Morgan fingerprint density at radius 2 is 2.00 bits per heavy atom. The Balaban J connectivity index is 1.70. The van der Waals surface area contributed by atoms with Gasteiger partial charge in [0.15, 0.2) is 0 Å². The normalized spacial score (nSPS) is 12.1. The van der Waals surface area contributed by atoms with Gasteiger partial charge in [0.25, 0.3) is 11.2 Å². The molecule has 0 fully saturated rings. The molecule has 0 bridgehead atoms. The SMILES string of the molecule is CCC(C)N(CCC(=O)Nc1cccc([N+](=O)[O-])c1C)Cc1nc2ccccc2c(=O)[nH]1. The van der Waals surface area contributed by atoms with Crippen LogP contribution in [0.25, 0.3) is 10.9 Å². The second kappa shape index (κ2) is 10.1. The van der Waals surface area contributed by atoms with Crippen molar-refractivity contribution >= 4 is 28.2 Å². The van der Waals surface area contributed by atoms with Crippen LogP contribution < -0.4 is 10.9 Å². The maximum absolute atomic E-state index is 12.6. The lowest BCUT2D eigenvalue weighted by atomic mass is 10.1. The second-order valence-corrected chi connectivity index (χ2v) is 7.76. The van der Waals surface area contributed by atoms with Crippen LogP contribution in [0, 0.1) is 17.0 Å². The van der Waals surface area contributed by atoms with Gasteiger partial charge in [0.05, 0.1) is 33.6 Å². The largest absolute Gasteiger partial charge is 0.326 e. The maximum Gasteiger partial charge on any atom is 0.274 e. The van der Waals surface area contributed by atoms with Crippen molar-refractivity contribution in [1.82, 2.24) is 14.9 Å². The molecule has 1 aromatic heterocycles. The van der Waals surface area contributed by atoms with Crippen LogP contribution in [-0.4, -0.2) is 38.3 Å². The molecule has 0 aliphatic carbocycles. The van der Waals surface area contributed by atoms with E-state index in [0.717, 1.165) is 6.42 Å². The van der Waals surface area contributed by atoms with E-state index in [0.29, 0.717) is 41.1 Å². The number of fused-ring (bicyclic) bond motifs is 1. The van der Waals surface area contributed by atoms with Crippen LogP contribution in [0.5, 0.6) is 0 Å². The van der Waals surface area contributed by atoms with Crippen LogP contribution in [0.2, 0.25) is 0 Å². The number of hydrogen-bond acceptors (Lipinski definition) is 6. The topological polar surface area (TPSA) is 121 Å². The molecule has 0 saturated carbocycles. The van der Waals surface area contributed by atoms with Gasteiger partial charge in [0.1, 0.15) is 5.82 Å². The molecule has 2 N–H and O–H groups in total. The zero-order valence-corrected chi connectivity index (χ0v) is 18.4. The Labute approximate surface area is 185 Å². The molecule has 0 aliphatic rings. The van der Waals surface area contributed by atoms with Crippen LogP contribution in [-0.2, 0) is 11.3 Å². The number of hydrogen-bond donors (Lipinski definition) is 2. The van der Waals surface area contributed by atoms with Crippen molar-refractivity contribution in [2.75, 3.05) is 11.9 Å². The maximum atomic E-state index is 12.6. The van der Waals surface area contributed by atoms with Gasteiger partial charge < -0.3 is 10.3 Å². The number of aromatic amines is 1. The van der Waals surface area contributed by atoms with E-state index in [2.05, 4.69) is 34.0 Å². The lowest BCUT2D eigenvalue weighted by Gasteiger charge is -2.27. The predicted octanol–water partition coefficient (Wildman–Crippen LogP) is 3.77. The molecule has 0 radical (unpaired) electrons. The number of aromatic nitrogens is 2. The van der Waals surface area contributed by atoms with E-state index >= 15 is 0 Å². The summed E-state index contributed by atoms with van der Waals surface area (Å²) in [4.78, 5) is 45.1. The van der Waals surface area contributed by atoms with E-state index in [1.54, 1.807) is 37.3 Å². The average Bonchev–Trinajstić information content (AvgIpc) is 2.77. The van der Waals surface area contributed by atoms with Gasteiger partial charge >= 0.3 is 0 Å². The number of anilines is 1. The number of nitrogens with zero attached hydrogens (tertiary/aromatic N) is 3. The highest BCUT2D eigenvalue weighted by Crippen LogP contribution is 2.25. The van der Waals surface area contributed by atoms with Crippen LogP contribution in [0.1, 0.15) is 38.1 Å².